The van der Waals surface area contributed by atoms with E-state index in [1.165, 1.54) is 13.2 Å². The molecule has 1 aromatic carbocycles. The molecule has 5 heteroatoms. The molecule has 1 unspecified atom stereocenters. The first kappa shape index (κ1) is 15.4. The first-order valence-electron chi connectivity index (χ1n) is 6.06. The quantitative estimate of drug-likeness (QED) is 0.833. The summed E-state index contributed by atoms with van der Waals surface area (Å²) in [5.41, 5.74) is -0.181. The third-order valence-corrected chi connectivity index (χ3v) is 3.22. The highest BCUT2D eigenvalue weighted by Crippen LogP contribution is 2.31. The molecule has 0 aliphatic carbocycles. The molecule has 4 nitrogen and oxygen atoms in total. The van der Waals surface area contributed by atoms with E-state index in [2.05, 4.69) is 5.32 Å². The second-order valence-electron chi connectivity index (χ2n) is 5.13. The van der Waals surface area contributed by atoms with Gasteiger partial charge in [-0.05, 0) is 45.0 Å². The zero-order valence-electron chi connectivity index (χ0n) is 11.7. The predicted molar refractivity (Wildman–Crippen MR) is 70.8 cm³/mol. The van der Waals surface area contributed by atoms with E-state index in [-0.39, 0.29) is 11.8 Å². The van der Waals surface area contributed by atoms with Crippen molar-refractivity contribution in [1.82, 2.24) is 5.32 Å². The monoisotopic (exact) mass is 269 g/mol. The Hall–Kier alpha value is -1.62. The lowest BCUT2D eigenvalue weighted by Gasteiger charge is -2.26. The lowest BCUT2D eigenvalue weighted by molar-refractivity contribution is -0.147. The van der Waals surface area contributed by atoms with Gasteiger partial charge in [0, 0.05) is 6.04 Å². The highest BCUT2D eigenvalue weighted by atomic mass is 19.1. The van der Waals surface area contributed by atoms with Crippen molar-refractivity contribution in [2.45, 2.75) is 26.3 Å². The van der Waals surface area contributed by atoms with Crippen LogP contribution in [0.2, 0.25) is 0 Å². The number of ether oxygens (including phenoxy) is 1. The van der Waals surface area contributed by atoms with Gasteiger partial charge in [-0.3, -0.25) is 4.79 Å². The molecule has 0 amide bonds. The lowest BCUT2D eigenvalue weighted by Crippen LogP contribution is -2.30. The fourth-order valence-corrected chi connectivity index (χ4v) is 1.88. The maximum absolute atomic E-state index is 13.7. The Kier molecular flexibility index (Phi) is 4.89. The fraction of sp³-hybridized carbons (Fsp3) is 0.500. The van der Waals surface area contributed by atoms with E-state index < -0.39 is 17.2 Å². The second-order valence-corrected chi connectivity index (χ2v) is 5.13. The zero-order valence-corrected chi connectivity index (χ0v) is 11.7. The summed E-state index contributed by atoms with van der Waals surface area (Å²) in [5.74, 6) is -1.15. The molecule has 106 valence electrons. The molecule has 0 bridgehead atoms. The Morgan fingerprint density at radius 3 is 2.58 bits per heavy atom. The molecule has 19 heavy (non-hydrogen) atoms. The lowest BCUT2D eigenvalue weighted by atomic mass is 9.83. The summed E-state index contributed by atoms with van der Waals surface area (Å²) < 4.78 is 18.5. The number of carboxylic acid groups (broad SMARTS) is 1. The maximum Gasteiger partial charge on any atom is 0.309 e. The third-order valence-electron chi connectivity index (χ3n) is 3.22. The smallest absolute Gasteiger partial charge is 0.309 e. The summed E-state index contributed by atoms with van der Waals surface area (Å²) in [6.45, 7) is 3.30. The number of nitrogens with one attached hydrogen (secondary N) is 1. The van der Waals surface area contributed by atoms with E-state index in [9.17, 15) is 9.18 Å². The van der Waals surface area contributed by atoms with Crippen LogP contribution in [0.15, 0.2) is 18.2 Å². The Labute approximate surface area is 112 Å². The SMILES string of the molecule is CNC(CC(C)(C)C(=O)O)c1ccc(OC)c(F)c1. The average molecular weight is 269 g/mol. The van der Waals surface area contributed by atoms with E-state index in [0.29, 0.717) is 12.0 Å². The van der Waals surface area contributed by atoms with Crippen molar-refractivity contribution >= 4 is 5.97 Å². The summed E-state index contributed by atoms with van der Waals surface area (Å²) in [4.78, 5) is 11.1. The van der Waals surface area contributed by atoms with Crippen LogP contribution in [0, 0.1) is 11.2 Å². The van der Waals surface area contributed by atoms with E-state index in [1.54, 1.807) is 33.0 Å². The minimum absolute atomic E-state index is 0.177. The Balaban J connectivity index is 2.98. The van der Waals surface area contributed by atoms with Crippen molar-refractivity contribution in [2.75, 3.05) is 14.2 Å². The number of carboxylic acids is 1. The van der Waals surface area contributed by atoms with Crippen LogP contribution in [0.3, 0.4) is 0 Å². The molecule has 1 atom stereocenters. The molecule has 0 saturated heterocycles. The third kappa shape index (κ3) is 3.67. The predicted octanol–water partition coefficient (Wildman–Crippen LogP) is 2.60. The molecule has 0 aliphatic heterocycles. The summed E-state index contributed by atoms with van der Waals surface area (Å²) in [6.07, 6.45) is 0.366. The first-order chi connectivity index (χ1) is 8.81. The van der Waals surface area contributed by atoms with Gasteiger partial charge in [-0.15, -0.1) is 0 Å². The largest absolute Gasteiger partial charge is 0.494 e. The maximum atomic E-state index is 13.7. The van der Waals surface area contributed by atoms with Crippen molar-refractivity contribution in [3.8, 4) is 5.75 Å². The van der Waals surface area contributed by atoms with Gasteiger partial charge in [0.15, 0.2) is 11.6 Å². The van der Waals surface area contributed by atoms with Gasteiger partial charge in [0.05, 0.1) is 12.5 Å². The number of carbonyl (C=O) groups is 1. The zero-order chi connectivity index (χ0) is 14.6. The number of benzene rings is 1. The van der Waals surface area contributed by atoms with Crippen LogP contribution in [-0.2, 0) is 4.79 Å². The molecule has 0 aliphatic rings. The fourth-order valence-electron chi connectivity index (χ4n) is 1.88. The minimum Gasteiger partial charge on any atom is -0.494 e. The molecular weight excluding hydrogens is 249 g/mol. The van der Waals surface area contributed by atoms with Gasteiger partial charge in [0.25, 0.3) is 0 Å². The summed E-state index contributed by atoms with van der Waals surface area (Å²) in [7, 11) is 3.13. The Morgan fingerprint density at radius 2 is 2.16 bits per heavy atom. The van der Waals surface area contributed by atoms with Crippen molar-refractivity contribution in [1.29, 1.82) is 0 Å². The molecule has 0 fully saturated rings. The van der Waals surface area contributed by atoms with E-state index in [4.69, 9.17) is 9.84 Å². The topological polar surface area (TPSA) is 58.6 Å². The molecule has 0 aromatic heterocycles. The molecule has 0 radical (unpaired) electrons. The Morgan fingerprint density at radius 1 is 1.53 bits per heavy atom. The molecule has 0 saturated carbocycles. The van der Waals surface area contributed by atoms with Crippen molar-refractivity contribution in [2.24, 2.45) is 5.41 Å². The molecule has 1 rings (SSSR count). The molecule has 1 aromatic rings. The Bertz CT molecular complexity index is 460. The summed E-state index contributed by atoms with van der Waals surface area (Å²) >= 11 is 0. The molecule has 0 spiro atoms. The van der Waals surface area contributed by atoms with Gasteiger partial charge in [-0.1, -0.05) is 6.07 Å². The minimum atomic E-state index is -0.885. The number of hydrogen-bond acceptors (Lipinski definition) is 3. The van der Waals surface area contributed by atoms with Crippen LogP contribution in [0.25, 0.3) is 0 Å². The van der Waals surface area contributed by atoms with Crippen LogP contribution < -0.4 is 10.1 Å². The van der Waals surface area contributed by atoms with Crippen LogP contribution in [0.4, 0.5) is 4.39 Å². The van der Waals surface area contributed by atoms with Gasteiger partial charge in [0.1, 0.15) is 0 Å². The van der Waals surface area contributed by atoms with Crippen LogP contribution in [0.5, 0.6) is 5.75 Å². The summed E-state index contributed by atoms with van der Waals surface area (Å²) in [6, 6.07) is 4.42. The van der Waals surface area contributed by atoms with E-state index in [1.807, 2.05) is 0 Å². The van der Waals surface area contributed by atoms with Crippen molar-refractivity contribution < 1.29 is 19.0 Å². The highest BCUT2D eigenvalue weighted by molar-refractivity contribution is 5.73. The van der Waals surface area contributed by atoms with E-state index >= 15 is 0 Å². The highest BCUT2D eigenvalue weighted by Gasteiger charge is 2.31. The molecule has 0 heterocycles. The number of hydrogen-bond donors (Lipinski definition) is 2. The van der Waals surface area contributed by atoms with Gasteiger partial charge >= 0.3 is 5.97 Å². The normalized spacial score (nSPS) is 13.1. The van der Waals surface area contributed by atoms with Crippen molar-refractivity contribution in [3.63, 3.8) is 0 Å². The van der Waals surface area contributed by atoms with Crippen LogP contribution in [0.1, 0.15) is 31.9 Å². The molecular formula is C14H20FNO3. The van der Waals surface area contributed by atoms with Gasteiger partial charge < -0.3 is 15.2 Å². The number of methoxy groups -OCH3 is 1. The van der Waals surface area contributed by atoms with Gasteiger partial charge in [0.2, 0.25) is 0 Å². The van der Waals surface area contributed by atoms with Crippen LogP contribution >= 0.6 is 0 Å². The number of rotatable bonds is 6. The summed E-state index contributed by atoms with van der Waals surface area (Å²) in [5, 5.41) is 12.2. The van der Waals surface area contributed by atoms with Gasteiger partial charge in [-0.25, -0.2) is 4.39 Å². The van der Waals surface area contributed by atoms with E-state index in [0.717, 1.165) is 0 Å². The molecule has 2 N–H and O–H groups in total. The first-order valence-corrected chi connectivity index (χ1v) is 6.06. The van der Waals surface area contributed by atoms with Crippen LogP contribution in [-0.4, -0.2) is 25.2 Å². The van der Waals surface area contributed by atoms with Crippen molar-refractivity contribution in [3.05, 3.63) is 29.6 Å². The number of halogens is 1. The standard InChI is InChI=1S/C14H20FNO3/c1-14(2,13(17)18)8-11(16-3)9-5-6-12(19-4)10(15)7-9/h5-7,11,16H,8H2,1-4H3,(H,17,18). The van der Waals surface area contributed by atoms with Gasteiger partial charge in [-0.2, -0.15) is 0 Å². The second kappa shape index (κ2) is 6.02. The average Bonchev–Trinajstić information content (AvgIpc) is 2.35. The number of aliphatic carboxylic acids is 1.